The van der Waals surface area contributed by atoms with Gasteiger partial charge in [0.25, 0.3) is 0 Å². The molecule has 1 fully saturated rings. The van der Waals surface area contributed by atoms with Crippen molar-refractivity contribution in [3.8, 4) is 5.95 Å². The van der Waals surface area contributed by atoms with Crippen LogP contribution in [0.15, 0.2) is 18.7 Å². The molecule has 1 aliphatic rings. The van der Waals surface area contributed by atoms with Crippen molar-refractivity contribution in [2.45, 2.75) is 6.42 Å². The van der Waals surface area contributed by atoms with Crippen molar-refractivity contribution < 1.29 is 5.11 Å². The van der Waals surface area contributed by atoms with Gasteiger partial charge in [0, 0.05) is 45.1 Å². The number of nitrogens with one attached hydrogen (secondary N) is 1. The minimum absolute atomic E-state index is 0.203. The van der Waals surface area contributed by atoms with Gasteiger partial charge in [-0.15, -0.1) is 0 Å². The fourth-order valence-corrected chi connectivity index (χ4v) is 2.26. The second-order valence-electron chi connectivity index (χ2n) is 4.76. The first kappa shape index (κ1) is 12.8. The number of hydrogen-bond acceptors (Lipinski definition) is 7. The van der Waals surface area contributed by atoms with Crippen molar-refractivity contribution in [3.63, 3.8) is 0 Å². The maximum absolute atomic E-state index is 9.23. The molecule has 20 heavy (non-hydrogen) atoms. The predicted octanol–water partition coefficient (Wildman–Crippen LogP) is -0.0824. The molecule has 0 aliphatic carbocycles. The van der Waals surface area contributed by atoms with Crippen LogP contribution in [-0.4, -0.2) is 56.4 Å². The average Bonchev–Trinajstić information content (AvgIpc) is 3.17. The average molecular weight is 275 g/mol. The number of imidazole rings is 1. The molecule has 8 heteroatoms. The van der Waals surface area contributed by atoms with Crippen molar-refractivity contribution >= 4 is 11.9 Å². The zero-order valence-electron chi connectivity index (χ0n) is 11.3. The Morgan fingerprint density at radius 3 is 2.85 bits per heavy atom. The van der Waals surface area contributed by atoms with Crippen LogP contribution in [0.4, 0.5) is 11.9 Å². The topological polar surface area (TPSA) is 92.0 Å². The molecule has 3 rings (SSSR count). The first-order valence-corrected chi connectivity index (χ1v) is 6.58. The number of rotatable bonds is 4. The summed E-state index contributed by atoms with van der Waals surface area (Å²) < 4.78 is 1.74. The summed E-state index contributed by atoms with van der Waals surface area (Å²) in [5.41, 5.74) is 0. The molecule has 0 saturated carbocycles. The van der Waals surface area contributed by atoms with Crippen LogP contribution in [0, 0.1) is 5.92 Å². The number of aliphatic hydroxyl groups is 1. The highest BCUT2D eigenvalue weighted by atomic mass is 16.3. The van der Waals surface area contributed by atoms with Gasteiger partial charge in [-0.3, -0.25) is 4.57 Å². The maximum Gasteiger partial charge on any atom is 0.241 e. The van der Waals surface area contributed by atoms with E-state index in [-0.39, 0.29) is 6.61 Å². The van der Waals surface area contributed by atoms with Crippen LogP contribution in [0.25, 0.3) is 5.95 Å². The van der Waals surface area contributed by atoms with Gasteiger partial charge in [0.2, 0.25) is 17.8 Å². The predicted molar refractivity (Wildman–Crippen MR) is 73.9 cm³/mol. The fourth-order valence-electron chi connectivity index (χ4n) is 2.26. The SMILES string of the molecule is CNc1nc(N2CCC(CO)C2)nc(-n2ccnc2)n1. The minimum atomic E-state index is 0.203. The molecule has 1 saturated heterocycles. The summed E-state index contributed by atoms with van der Waals surface area (Å²) in [6.45, 7) is 1.82. The first-order valence-electron chi connectivity index (χ1n) is 6.58. The van der Waals surface area contributed by atoms with Gasteiger partial charge in [-0.1, -0.05) is 0 Å². The van der Waals surface area contributed by atoms with Crippen LogP contribution in [-0.2, 0) is 0 Å². The maximum atomic E-state index is 9.23. The fraction of sp³-hybridized carbons (Fsp3) is 0.500. The molecule has 2 N–H and O–H groups in total. The molecule has 106 valence electrons. The minimum Gasteiger partial charge on any atom is -0.396 e. The molecule has 0 bridgehead atoms. The second kappa shape index (κ2) is 5.41. The first-order chi connectivity index (χ1) is 9.80. The highest BCUT2D eigenvalue weighted by molar-refractivity contribution is 5.40. The lowest BCUT2D eigenvalue weighted by Crippen LogP contribution is -2.24. The molecule has 0 radical (unpaired) electrons. The Hall–Kier alpha value is -2.22. The molecule has 8 nitrogen and oxygen atoms in total. The Bertz CT molecular complexity index is 571. The summed E-state index contributed by atoms with van der Waals surface area (Å²) in [7, 11) is 1.78. The van der Waals surface area contributed by atoms with Gasteiger partial charge < -0.3 is 15.3 Å². The summed E-state index contributed by atoms with van der Waals surface area (Å²) in [6.07, 6.45) is 6.08. The van der Waals surface area contributed by atoms with E-state index in [2.05, 4.69) is 30.2 Å². The van der Waals surface area contributed by atoms with E-state index in [0.717, 1.165) is 19.5 Å². The summed E-state index contributed by atoms with van der Waals surface area (Å²) in [5.74, 6) is 1.97. The molecule has 2 aromatic heterocycles. The van der Waals surface area contributed by atoms with E-state index in [9.17, 15) is 5.11 Å². The van der Waals surface area contributed by atoms with Crippen LogP contribution in [0.1, 0.15) is 6.42 Å². The van der Waals surface area contributed by atoms with Gasteiger partial charge in [-0.05, 0) is 6.42 Å². The van der Waals surface area contributed by atoms with E-state index >= 15 is 0 Å². The van der Waals surface area contributed by atoms with Gasteiger partial charge in [0.15, 0.2) is 0 Å². The molecular formula is C12H17N7O. The van der Waals surface area contributed by atoms with Gasteiger partial charge in [0.05, 0.1) is 0 Å². The number of aromatic nitrogens is 5. The third-order valence-corrected chi connectivity index (χ3v) is 3.40. The largest absolute Gasteiger partial charge is 0.396 e. The third kappa shape index (κ3) is 2.42. The lowest BCUT2D eigenvalue weighted by atomic mass is 10.1. The third-order valence-electron chi connectivity index (χ3n) is 3.40. The van der Waals surface area contributed by atoms with Crippen molar-refractivity contribution in [2.24, 2.45) is 5.92 Å². The smallest absolute Gasteiger partial charge is 0.241 e. The molecule has 2 aromatic rings. The Morgan fingerprint density at radius 2 is 2.20 bits per heavy atom. The van der Waals surface area contributed by atoms with E-state index in [4.69, 9.17) is 0 Å². The Morgan fingerprint density at radius 1 is 1.35 bits per heavy atom. The van der Waals surface area contributed by atoms with Gasteiger partial charge in [-0.2, -0.15) is 15.0 Å². The summed E-state index contributed by atoms with van der Waals surface area (Å²) in [4.78, 5) is 19.3. The molecule has 1 unspecified atom stereocenters. The lowest BCUT2D eigenvalue weighted by Gasteiger charge is -2.17. The van der Waals surface area contributed by atoms with E-state index in [1.807, 2.05) is 0 Å². The van der Waals surface area contributed by atoms with Gasteiger partial charge >= 0.3 is 0 Å². The monoisotopic (exact) mass is 275 g/mol. The highest BCUT2D eigenvalue weighted by Gasteiger charge is 2.24. The van der Waals surface area contributed by atoms with Gasteiger partial charge in [0.1, 0.15) is 6.33 Å². The molecule has 1 atom stereocenters. The molecule has 3 heterocycles. The molecule has 0 amide bonds. The standard InChI is InChI=1S/C12H17N7O/c1-13-10-15-11(18-4-2-9(6-18)7-20)17-12(16-10)19-5-3-14-8-19/h3,5,8-9,20H,2,4,6-7H2,1H3,(H,13,15,16,17). The Labute approximate surface area is 116 Å². The normalized spacial score (nSPS) is 18.5. The molecule has 0 spiro atoms. The van der Waals surface area contributed by atoms with E-state index < -0.39 is 0 Å². The Kier molecular flexibility index (Phi) is 3.46. The van der Waals surface area contributed by atoms with E-state index in [1.165, 1.54) is 0 Å². The summed E-state index contributed by atoms with van der Waals surface area (Å²) >= 11 is 0. The van der Waals surface area contributed by atoms with Crippen LogP contribution >= 0.6 is 0 Å². The van der Waals surface area contributed by atoms with Crippen molar-refractivity contribution in [1.82, 2.24) is 24.5 Å². The van der Waals surface area contributed by atoms with Crippen LogP contribution in [0.3, 0.4) is 0 Å². The molecule has 0 aromatic carbocycles. The number of anilines is 2. The second-order valence-corrected chi connectivity index (χ2v) is 4.76. The van der Waals surface area contributed by atoms with Crippen molar-refractivity contribution in [1.29, 1.82) is 0 Å². The number of nitrogens with zero attached hydrogens (tertiary/aromatic N) is 6. The Balaban J connectivity index is 1.93. The summed E-state index contributed by atoms with van der Waals surface area (Å²) in [6, 6.07) is 0. The van der Waals surface area contributed by atoms with Crippen LogP contribution in [0.5, 0.6) is 0 Å². The number of hydrogen-bond donors (Lipinski definition) is 2. The van der Waals surface area contributed by atoms with Crippen LogP contribution < -0.4 is 10.2 Å². The van der Waals surface area contributed by atoms with Crippen molar-refractivity contribution in [2.75, 3.05) is 37.0 Å². The quantitative estimate of drug-likeness (QED) is 0.806. The van der Waals surface area contributed by atoms with Crippen LogP contribution in [0.2, 0.25) is 0 Å². The molecular weight excluding hydrogens is 258 g/mol. The molecule has 1 aliphatic heterocycles. The zero-order valence-corrected chi connectivity index (χ0v) is 11.3. The lowest BCUT2D eigenvalue weighted by molar-refractivity contribution is 0.238. The summed E-state index contributed by atoms with van der Waals surface area (Å²) in [5, 5.41) is 12.2. The van der Waals surface area contributed by atoms with Crippen molar-refractivity contribution in [3.05, 3.63) is 18.7 Å². The highest BCUT2D eigenvalue weighted by Crippen LogP contribution is 2.21. The zero-order chi connectivity index (χ0) is 13.9. The van der Waals surface area contributed by atoms with Gasteiger partial charge in [-0.25, -0.2) is 4.98 Å². The van der Waals surface area contributed by atoms with E-state index in [1.54, 1.807) is 30.3 Å². The number of aliphatic hydroxyl groups excluding tert-OH is 1. The van der Waals surface area contributed by atoms with E-state index in [0.29, 0.717) is 23.8 Å².